The Kier molecular flexibility index (Phi) is 3.53. The fraction of sp³-hybridized carbons (Fsp3) is 0.400. The molecule has 100 valence electrons. The maximum absolute atomic E-state index is 4.81. The fourth-order valence-electron chi connectivity index (χ4n) is 2.49. The lowest BCUT2D eigenvalue weighted by molar-refractivity contribution is 0.588. The van der Waals surface area contributed by atoms with E-state index in [2.05, 4.69) is 47.6 Å². The molecule has 1 saturated heterocycles. The van der Waals surface area contributed by atoms with Gasteiger partial charge in [0.15, 0.2) is 5.13 Å². The maximum atomic E-state index is 4.81. The Morgan fingerprint density at radius 2 is 2.00 bits per heavy atom. The fourth-order valence-corrected chi connectivity index (χ4v) is 3.37. The molecular formula is C15H19N3S. The van der Waals surface area contributed by atoms with Crippen molar-refractivity contribution < 1.29 is 0 Å². The highest BCUT2D eigenvalue weighted by Crippen LogP contribution is 2.29. The van der Waals surface area contributed by atoms with Gasteiger partial charge in [-0.25, -0.2) is 4.98 Å². The van der Waals surface area contributed by atoms with Crippen LogP contribution < -0.4 is 10.2 Å². The molecule has 1 fully saturated rings. The van der Waals surface area contributed by atoms with E-state index in [1.807, 2.05) is 0 Å². The van der Waals surface area contributed by atoms with E-state index in [1.165, 1.54) is 16.7 Å². The molecule has 3 nitrogen and oxygen atoms in total. The van der Waals surface area contributed by atoms with E-state index >= 15 is 0 Å². The summed E-state index contributed by atoms with van der Waals surface area (Å²) in [5, 5.41) is 6.70. The number of benzene rings is 1. The molecule has 1 aromatic carbocycles. The van der Waals surface area contributed by atoms with Gasteiger partial charge >= 0.3 is 0 Å². The number of thiazole rings is 1. The lowest BCUT2D eigenvalue weighted by atomic mass is 10.0. The maximum Gasteiger partial charge on any atom is 0.185 e. The number of anilines is 1. The normalized spacial score (nSPS) is 15.8. The Balaban J connectivity index is 1.87. The molecule has 0 unspecified atom stereocenters. The minimum atomic E-state index is 1.05. The molecule has 0 amide bonds. The standard InChI is InChI=1S/C15H19N3S/c1-11-3-4-13(12(2)9-11)14-10-19-15(17-14)18-7-5-16-6-8-18/h3-4,9-10,16H,5-8H2,1-2H3. The molecule has 1 aromatic heterocycles. The number of hydrogen-bond donors (Lipinski definition) is 1. The third-order valence-corrected chi connectivity index (χ3v) is 4.44. The monoisotopic (exact) mass is 273 g/mol. The zero-order valence-corrected chi connectivity index (χ0v) is 12.3. The van der Waals surface area contributed by atoms with E-state index in [0.29, 0.717) is 0 Å². The van der Waals surface area contributed by atoms with Crippen LogP contribution in [0, 0.1) is 13.8 Å². The third kappa shape index (κ3) is 2.65. The molecule has 1 N–H and O–H groups in total. The van der Waals surface area contributed by atoms with Gasteiger partial charge in [0.1, 0.15) is 0 Å². The minimum Gasteiger partial charge on any atom is -0.346 e. The third-order valence-electron chi connectivity index (χ3n) is 3.54. The van der Waals surface area contributed by atoms with Gasteiger partial charge < -0.3 is 10.2 Å². The van der Waals surface area contributed by atoms with E-state index in [4.69, 9.17) is 4.98 Å². The first-order valence-electron chi connectivity index (χ1n) is 6.73. The van der Waals surface area contributed by atoms with Gasteiger partial charge in [-0.05, 0) is 19.4 Å². The van der Waals surface area contributed by atoms with Gasteiger partial charge in [-0.3, -0.25) is 0 Å². The van der Waals surface area contributed by atoms with Crippen LogP contribution in [-0.2, 0) is 0 Å². The molecular weight excluding hydrogens is 254 g/mol. The first kappa shape index (κ1) is 12.6. The Hall–Kier alpha value is -1.39. The average molecular weight is 273 g/mol. The highest BCUT2D eigenvalue weighted by molar-refractivity contribution is 7.14. The Morgan fingerprint density at radius 3 is 2.74 bits per heavy atom. The number of aryl methyl sites for hydroxylation is 2. The summed E-state index contributed by atoms with van der Waals surface area (Å²) in [5.74, 6) is 0. The number of rotatable bonds is 2. The van der Waals surface area contributed by atoms with Crippen molar-refractivity contribution in [2.75, 3.05) is 31.1 Å². The molecule has 3 rings (SSSR count). The Labute approximate surface area is 118 Å². The van der Waals surface area contributed by atoms with Crippen LogP contribution in [0.2, 0.25) is 0 Å². The van der Waals surface area contributed by atoms with Crippen molar-refractivity contribution in [3.63, 3.8) is 0 Å². The number of hydrogen-bond acceptors (Lipinski definition) is 4. The van der Waals surface area contributed by atoms with E-state index in [-0.39, 0.29) is 0 Å². The molecule has 0 radical (unpaired) electrons. The molecule has 0 aliphatic carbocycles. The van der Waals surface area contributed by atoms with Crippen LogP contribution >= 0.6 is 11.3 Å². The van der Waals surface area contributed by atoms with Crippen molar-refractivity contribution in [2.45, 2.75) is 13.8 Å². The second-order valence-corrected chi connectivity index (χ2v) is 5.91. The zero-order valence-electron chi connectivity index (χ0n) is 11.4. The van der Waals surface area contributed by atoms with E-state index < -0.39 is 0 Å². The molecule has 0 spiro atoms. The summed E-state index contributed by atoms with van der Waals surface area (Å²) in [5.41, 5.74) is 4.97. The van der Waals surface area contributed by atoms with E-state index in [9.17, 15) is 0 Å². The van der Waals surface area contributed by atoms with Crippen LogP contribution in [0.4, 0.5) is 5.13 Å². The summed E-state index contributed by atoms with van der Waals surface area (Å²) in [6, 6.07) is 6.56. The molecule has 0 bridgehead atoms. The van der Waals surface area contributed by atoms with Crippen molar-refractivity contribution >= 4 is 16.5 Å². The van der Waals surface area contributed by atoms with Crippen LogP contribution in [-0.4, -0.2) is 31.2 Å². The van der Waals surface area contributed by atoms with Crippen molar-refractivity contribution in [3.8, 4) is 11.3 Å². The second-order valence-electron chi connectivity index (χ2n) is 5.07. The van der Waals surface area contributed by atoms with Gasteiger partial charge in [-0.1, -0.05) is 23.8 Å². The van der Waals surface area contributed by atoms with E-state index in [1.54, 1.807) is 11.3 Å². The second kappa shape index (κ2) is 5.31. The van der Waals surface area contributed by atoms with Crippen LogP contribution in [0.1, 0.15) is 11.1 Å². The molecule has 2 heterocycles. The Morgan fingerprint density at radius 1 is 1.21 bits per heavy atom. The molecule has 1 aliphatic rings. The average Bonchev–Trinajstić information content (AvgIpc) is 2.89. The summed E-state index contributed by atoms with van der Waals surface area (Å²) in [4.78, 5) is 7.18. The number of nitrogens with zero attached hydrogens (tertiary/aromatic N) is 2. The SMILES string of the molecule is Cc1ccc(-c2csc(N3CCNCC3)n2)c(C)c1. The highest BCUT2D eigenvalue weighted by Gasteiger charge is 2.15. The highest BCUT2D eigenvalue weighted by atomic mass is 32.1. The Bertz CT molecular complexity index is 571. The van der Waals surface area contributed by atoms with Crippen LogP contribution in [0.25, 0.3) is 11.3 Å². The van der Waals surface area contributed by atoms with Gasteiger partial charge in [0.2, 0.25) is 0 Å². The largest absolute Gasteiger partial charge is 0.346 e. The first-order valence-corrected chi connectivity index (χ1v) is 7.61. The van der Waals surface area contributed by atoms with Gasteiger partial charge in [-0.2, -0.15) is 0 Å². The predicted molar refractivity (Wildman–Crippen MR) is 82.1 cm³/mol. The summed E-state index contributed by atoms with van der Waals surface area (Å²) in [6.45, 7) is 8.51. The summed E-state index contributed by atoms with van der Waals surface area (Å²) < 4.78 is 0. The first-order chi connectivity index (χ1) is 9.24. The summed E-state index contributed by atoms with van der Waals surface area (Å²) in [6.07, 6.45) is 0. The van der Waals surface area contributed by atoms with Crippen LogP contribution in [0.15, 0.2) is 23.6 Å². The molecule has 0 saturated carbocycles. The van der Waals surface area contributed by atoms with E-state index in [0.717, 1.165) is 37.0 Å². The van der Waals surface area contributed by atoms with Crippen molar-refractivity contribution in [2.24, 2.45) is 0 Å². The van der Waals surface area contributed by atoms with Gasteiger partial charge in [0.05, 0.1) is 5.69 Å². The molecule has 19 heavy (non-hydrogen) atoms. The van der Waals surface area contributed by atoms with Gasteiger partial charge in [0.25, 0.3) is 0 Å². The number of piperazine rings is 1. The van der Waals surface area contributed by atoms with Crippen molar-refractivity contribution in [1.29, 1.82) is 0 Å². The van der Waals surface area contributed by atoms with Crippen molar-refractivity contribution in [1.82, 2.24) is 10.3 Å². The van der Waals surface area contributed by atoms with Gasteiger partial charge in [0, 0.05) is 37.1 Å². The topological polar surface area (TPSA) is 28.2 Å². The minimum absolute atomic E-state index is 1.05. The quantitative estimate of drug-likeness (QED) is 0.912. The molecule has 2 aromatic rings. The van der Waals surface area contributed by atoms with Crippen LogP contribution in [0.3, 0.4) is 0 Å². The molecule has 1 aliphatic heterocycles. The number of aromatic nitrogens is 1. The molecule has 4 heteroatoms. The predicted octanol–water partition coefficient (Wildman–Crippen LogP) is 2.84. The zero-order chi connectivity index (χ0) is 13.2. The lowest BCUT2D eigenvalue weighted by Crippen LogP contribution is -2.43. The molecule has 0 atom stereocenters. The smallest absolute Gasteiger partial charge is 0.185 e. The summed E-state index contributed by atoms with van der Waals surface area (Å²) >= 11 is 1.75. The van der Waals surface area contributed by atoms with Crippen molar-refractivity contribution in [3.05, 3.63) is 34.7 Å². The lowest BCUT2D eigenvalue weighted by Gasteiger charge is -2.26. The summed E-state index contributed by atoms with van der Waals surface area (Å²) in [7, 11) is 0. The number of nitrogens with one attached hydrogen (secondary N) is 1. The van der Waals surface area contributed by atoms with Crippen LogP contribution in [0.5, 0.6) is 0 Å². The van der Waals surface area contributed by atoms with Gasteiger partial charge in [-0.15, -0.1) is 11.3 Å².